The van der Waals surface area contributed by atoms with Gasteiger partial charge in [0.05, 0.1) is 13.0 Å². The number of benzene rings is 2. The molecular formula is C19H19F2NO4S. The molecule has 27 heavy (non-hydrogen) atoms. The van der Waals surface area contributed by atoms with Gasteiger partial charge in [-0.1, -0.05) is 30.0 Å². The number of hydrogen-bond donors (Lipinski definition) is 2. The summed E-state index contributed by atoms with van der Waals surface area (Å²) in [7, 11) is 1.51. The van der Waals surface area contributed by atoms with Crippen molar-refractivity contribution in [1.82, 2.24) is 5.32 Å². The number of alkyl halides is 2. The third kappa shape index (κ3) is 6.25. The highest BCUT2D eigenvalue weighted by Crippen LogP contribution is 2.25. The van der Waals surface area contributed by atoms with Crippen molar-refractivity contribution in [2.75, 3.05) is 13.7 Å². The molecule has 2 N–H and O–H groups in total. The number of para-hydroxylation sites is 1. The molecule has 0 radical (unpaired) electrons. The van der Waals surface area contributed by atoms with Gasteiger partial charge < -0.3 is 15.2 Å². The van der Waals surface area contributed by atoms with Crippen molar-refractivity contribution in [2.24, 2.45) is 5.92 Å². The first-order chi connectivity index (χ1) is 12.9. The molecule has 0 saturated heterocycles. The van der Waals surface area contributed by atoms with Gasteiger partial charge >= 0.3 is 5.97 Å². The van der Waals surface area contributed by atoms with Gasteiger partial charge in [-0.3, -0.25) is 9.59 Å². The molecule has 8 heteroatoms. The van der Waals surface area contributed by atoms with Crippen LogP contribution in [-0.2, 0) is 11.2 Å². The maximum Gasteiger partial charge on any atom is 0.308 e. The maximum atomic E-state index is 12.3. The molecule has 0 aliphatic carbocycles. The predicted molar refractivity (Wildman–Crippen MR) is 98.5 cm³/mol. The molecule has 2 aromatic rings. The van der Waals surface area contributed by atoms with E-state index in [0.29, 0.717) is 22.4 Å². The maximum absolute atomic E-state index is 12.3. The molecule has 2 rings (SSSR count). The number of nitrogens with one attached hydrogen (secondary N) is 1. The minimum absolute atomic E-state index is 0.0697. The number of carbonyl (C=O) groups is 2. The summed E-state index contributed by atoms with van der Waals surface area (Å²) < 4.78 is 29.9. The highest BCUT2D eigenvalue weighted by molar-refractivity contribution is 7.99. The second-order valence-electron chi connectivity index (χ2n) is 5.66. The molecule has 0 aromatic heterocycles. The number of rotatable bonds is 9. The van der Waals surface area contributed by atoms with E-state index in [-0.39, 0.29) is 18.5 Å². The number of carboxylic acid groups (broad SMARTS) is 1. The molecule has 0 heterocycles. The molecule has 0 aliphatic heterocycles. The molecule has 1 unspecified atom stereocenters. The smallest absolute Gasteiger partial charge is 0.308 e. The highest BCUT2D eigenvalue weighted by atomic mass is 32.2. The quantitative estimate of drug-likeness (QED) is 0.634. The zero-order chi connectivity index (χ0) is 19.8. The first kappa shape index (κ1) is 20.7. The Morgan fingerprint density at radius 1 is 1.15 bits per heavy atom. The summed E-state index contributed by atoms with van der Waals surface area (Å²) in [4.78, 5) is 24.1. The van der Waals surface area contributed by atoms with E-state index >= 15 is 0 Å². The van der Waals surface area contributed by atoms with E-state index < -0.39 is 23.6 Å². The number of thioether (sulfide) groups is 1. The van der Waals surface area contributed by atoms with Crippen LogP contribution in [0.25, 0.3) is 0 Å². The van der Waals surface area contributed by atoms with Crippen LogP contribution in [0.1, 0.15) is 15.9 Å². The fraction of sp³-hybridized carbons (Fsp3) is 0.263. The van der Waals surface area contributed by atoms with Crippen molar-refractivity contribution in [3.63, 3.8) is 0 Å². The highest BCUT2D eigenvalue weighted by Gasteiger charge is 2.21. The van der Waals surface area contributed by atoms with Crippen molar-refractivity contribution in [2.45, 2.75) is 17.1 Å². The second-order valence-corrected chi connectivity index (χ2v) is 6.73. The second kappa shape index (κ2) is 9.91. The lowest BCUT2D eigenvalue weighted by Gasteiger charge is -2.15. The van der Waals surface area contributed by atoms with E-state index in [1.54, 1.807) is 24.3 Å². The van der Waals surface area contributed by atoms with E-state index in [1.165, 1.54) is 31.4 Å². The number of amides is 1. The zero-order valence-electron chi connectivity index (χ0n) is 14.5. The molecule has 1 atom stereocenters. The minimum Gasteiger partial charge on any atom is -0.496 e. The van der Waals surface area contributed by atoms with Crippen LogP contribution in [0.3, 0.4) is 0 Å². The normalized spacial score (nSPS) is 11.9. The summed E-state index contributed by atoms with van der Waals surface area (Å²) in [6.45, 7) is -0.0697. The predicted octanol–water partition coefficient (Wildman–Crippen LogP) is 3.68. The fourth-order valence-corrected chi connectivity index (χ4v) is 2.99. The molecule has 5 nitrogen and oxygen atoms in total. The Morgan fingerprint density at radius 3 is 2.41 bits per heavy atom. The summed E-state index contributed by atoms with van der Waals surface area (Å²) in [5, 5.41) is 12.0. The van der Waals surface area contributed by atoms with Crippen molar-refractivity contribution < 1.29 is 28.2 Å². The van der Waals surface area contributed by atoms with Crippen LogP contribution in [0.5, 0.6) is 5.75 Å². The van der Waals surface area contributed by atoms with Gasteiger partial charge in [0.15, 0.2) is 0 Å². The van der Waals surface area contributed by atoms with Gasteiger partial charge in [-0.15, -0.1) is 0 Å². The summed E-state index contributed by atoms with van der Waals surface area (Å²) in [5.74, 6) is -4.28. The first-order valence-electron chi connectivity index (χ1n) is 8.08. The lowest BCUT2D eigenvalue weighted by molar-refractivity contribution is -0.141. The average molecular weight is 395 g/mol. The largest absolute Gasteiger partial charge is 0.496 e. The van der Waals surface area contributed by atoms with Gasteiger partial charge in [0.1, 0.15) is 5.75 Å². The van der Waals surface area contributed by atoms with Crippen LogP contribution in [0.2, 0.25) is 0 Å². The molecule has 1 amide bonds. The molecule has 0 fully saturated rings. The zero-order valence-corrected chi connectivity index (χ0v) is 15.3. The summed E-state index contributed by atoms with van der Waals surface area (Å²) in [6, 6.07) is 12.8. The number of hydrogen-bond acceptors (Lipinski definition) is 4. The van der Waals surface area contributed by atoms with Gasteiger partial charge in [-0.05, 0) is 42.3 Å². The van der Waals surface area contributed by atoms with Crippen LogP contribution in [0, 0.1) is 5.92 Å². The monoisotopic (exact) mass is 395 g/mol. The van der Waals surface area contributed by atoms with Crippen LogP contribution in [0.4, 0.5) is 8.78 Å². The van der Waals surface area contributed by atoms with Gasteiger partial charge in [0, 0.05) is 17.0 Å². The van der Waals surface area contributed by atoms with Crippen molar-refractivity contribution >= 4 is 23.6 Å². The van der Waals surface area contributed by atoms with Gasteiger partial charge in [0.25, 0.3) is 11.7 Å². The van der Waals surface area contributed by atoms with E-state index in [9.17, 15) is 23.5 Å². The number of carboxylic acids is 1. The van der Waals surface area contributed by atoms with Crippen LogP contribution in [0.15, 0.2) is 53.4 Å². The summed E-state index contributed by atoms with van der Waals surface area (Å²) in [6.07, 6.45) is 0.198. The summed E-state index contributed by atoms with van der Waals surface area (Å²) in [5.41, 5.74) is 1.00. The standard InChI is InChI=1S/C19H19F2NO4S/c1-26-16-5-3-2-4-13(16)10-14(18(24)25)11-22-17(23)12-6-8-15(9-7-12)27-19(20)21/h2-9,14,19H,10-11H2,1H3,(H,22,23)(H,24,25). The average Bonchev–Trinajstić information content (AvgIpc) is 2.65. The Balaban J connectivity index is 1.99. The molecule has 0 spiro atoms. The molecule has 0 aliphatic rings. The van der Waals surface area contributed by atoms with Gasteiger partial charge in [-0.25, -0.2) is 0 Å². The third-order valence-electron chi connectivity index (χ3n) is 3.86. The Kier molecular flexibility index (Phi) is 7.60. The van der Waals surface area contributed by atoms with Crippen molar-refractivity contribution in [1.29, 1.82) is 0 Å². The van der Waals surface area contributed by atoms with E-state index in [2.05, 4.69) is 5.32 Å². The number of carbonyl (C=O) groups excluding carboxylic acids is 1. The Bertz CT molecular complexity index is 784. The first-order valence-corrected chi connectivity index (χ1v) is 8.96. The number of ether oxygens (including phenoxy) is 1. The number of methoxy groups -OCH3 is 1. The lowest BCUT2D eigenvalue weighted by atomic mass is 9.98. The molecule has 0 bridgehead atoms. The van der Waals surface area contributed by atoms with E-state index in [0.717, 1.165) is 5.56 Å². The SMILES string of the molecule is COc1ccccc1CC(CNC(=O)c1ccc(SC(F)F)cc1)C(=O)O. The van der Waals surface area contributed by atoms with Crippen molar-refractivity contribution in [3.05, 3.63) is 59.7 Å². The Labute approximate surface area is 159 Å². The molecule has 144 valence electrons. The van der Waals surface area contributed by atoms with E-state index in [1.807, 2.05) is 0 Å². The molecular weight excluding hydrogens is 376 g/mol. The molecule has 2 aromatic carbocycles. The third-order valence-corrected chi connectivity index (χ3v) is 4.58. The lowest BCUT2D eigenvalue weighted by Crippen LogP contribution is -2.34. The number of halogens is 2. The van der Waals surface area contributed by atoms with Gasteiger partial charge in [0.2, 0.25) is 0 Å². The fourth-order valence-electron chi connectivity index (χ4n) is 2.49. The topological polar surface area (TPSA) is 75.6 Å². The summed E-state index contributed by atoms with van der Waals surface area (Å²) >= 11 is 0.391. The van der Waals surface area contributed by atoms with E-state index in [4.69, 9.17) is 4.74 Å². The molecule has 0 saturated carbocycles. The number of aliphatic carboxylic acids is 1. The van der Waals surface area contributed by atoms with Crippen molar-refractivity contribution in [3.8, 4) is 5.75 Å². The van der Waals surface area contributed by atoms with Gasteiger partial charge in [-0.2, -0.15) is 8.78 Å². The Hall–Kier alpha value is -2.61. The van der Waals surface area contributed by atoms with Crippen LogP contribution < -0.4 is 10.1 Å². The van der Waals surface area contributed by atoms with Crippen LogP contribution >= 0.6 is 11.8 Å². The van der Waals surface area contributed by atoms with Crippen LogP contribution in [-0.4, -0.2) is 36.4 Å². The minimum atomic E-state index is -2.53. The Morgan fingerprint density at radius 2 is 1.81 bits per heavy atom.